The first-order valence-electron chi connectivity index (χ1n) is 12.4. The van der Waals surface area contributed by atoms with Gasteiger partial charge < -0.3 is 15.2 Å². The molecule has 0 spiro atoms. The maximum atomic E-state index is 12.9. The number of alkyl carbamates (subject to hydrolysis) is 1. The molecule has 0 aromatic heterocycles. The standard InChI is InChI=1S/C31H29NO4Si/c1-37(22-12-4-2-5-13-22,23-14-6-3-7-15-23)21-29(30(33)34)32-31(35)36-20-28-26-18-10-8-16-24(26)25-17-9-11-19-27(25)28/h2-19,28-29H,20-21H2,1H3,(H,32,35)(H,33,34)/t29-/m0/s1. The molecular weight excluding hydrogens is 478 g/mol. The van der Waals surface area contributed by atoms with E-state index >= 15 is 0 Å². The van der Waals surface area contributed by atoms with Gasteiger partial charge in [-0.25, -0.2) is 4.79 Å². The molecule has 4 aromatic carbocycles. The van der Waals surface area contributed by atoms with Crippen molar-refractivity contribution < 1.29 is 19.4 Å². The van der Waals surface area contributed by atoms with Crippen molar-refractivity contribution >= 4 is 30.5 Å². The molecule has 0 unspecified atom stereocenters. The molecule has 0 saturated carbocycles. The van der Waals surface area contributed by atoms with E-state index in [9.17, 15) is 14.7 Å². The Morgan fingerprint density at radius 1 is 0.784 bits per heavy atom. The Kier molecular flexibility index (Phi) is 6.92. The maximum Gasteiger partial charge on any atom is 0.407 e. The van der Waals surface area contributed by atoms with Crippen LogP contribution in [0.1, 0.15) is 17.0 Å². The summed E-state index contributed by atoms with van der Waals surface area (Å²) in [6, 6.07) is 35.4. The number of hydrogen-bond donors (Lipinski definition) is 2. The Morgan fingerprint density at radius 3 is 1.73 bits per heavy atom. The number of nitrogens with one attached hydrogen (secondary N) is 1. The van der Waals surface area contributed by atoms with Crippen LogP contribution < -0.4 is 15.7 Å². The smallest absolute Gasteiger partial charge is 0.407 e. The van der Waals surface area contributed by atoms with Crippen LogP contribution in [0, 0.1) is 0 Å². The second kappa shape index (κ2) is 10.4. The fourth-order valence-corrected chi connectivity index (χ4v) is 9.16. The van der Waals surface area contributed by atoms with E-state index in [0.29, 0.717) is 6.04 Å². The molecule has 2 N–H and O–H groups in total. The summed E-state index contributed by atoms with van der Waals surface area (Å²) < 4.78 is 5.65. The van der Waals surface area contributed by atoms with Crippen molar-refractivity contribution in [3.05, 3.63) is 120 Å². The molecule has 4 aromatic rings. The topological polar surface area (TPSA) is 75.6 Å². The minimum atomic E-state index is -2.49. The average Bonchev–Trinajstić information content (AvgIpc) is 3.26. The van der Waals surface area contributed by atoms with Crippen molar-refractivity contribution in [3.8, 4) is 11.1 Å². The van der Waals surface area contributed by atoms with Gasteiger partial charge in [0.2, 0.25) is 0 Å². The van der Waals surface area contributed by atoms with E-state index in [2.05, 4.69) is 36.1 Å². The number of benzene rings is 4. The van der Waals surface area contributed by atoms with Gasteiger partial charge in [0.15, 0.2) is 0 Å². The molecule has 0 bridgehead atoms. The minimum absolute atomic E-state index is 0.0882. The van der Waals surface area contributed by atoms with Crippen molar-refractivity contribution in [2.75, 3.05) is 6.61 Å². The summed E-state index contributed by atoms with van der Waals surface area (Å²) in [7, 11) is -2.49. The number of hydrogen-bond acceptors (Lipinski definition) is 3. The van der Waals surface area contributed by atoms with Crippen molar-refractivity contribution in [1.29, 1.82) is 0 Å². The van der Waals surface area contributed by atoms with E-state index in [1.165, 1.54) is 0 Å². The summed E-state index contributed by atoms with van der Waals surface area (Å²) in [5.41, 5.74) is 4.50. The summed E-state index contributed by atoms with van der Waals surface area (Å²) in [6.07, 6.45) is -0.716. The van der Waals surface area contributed by atoms with Gasteiger partial charge in [-0.2, -0.15) is 0 Å². The summed E-state index contributed by atoms with van der Waals surface area (Å²) in [5, 5.41) is 15.0. The van der Waals surface area contributed by atoms with Crippen molar-refractivity contribution in [2.24, 2.45) is 0 Å². The van der Waals surface area contributed by atoms with Crippen molar-refractivity contribution in [2.45, 2.75) is 24.6 Å². The first-order chi connectivity index (χ1) is 18.0. The Hall–Kier alpha value is -4.16. The minimum Gasteiger partial charge on any atom is -0.480 e. The highest BCUT2D eigenvalue weighted by molar-refractivity contribution is 7.01. The highest BCUT2D eigenvalue weighted by Crippen LogP contribution is 2.44. The van der Waals surface area contributed by atoms with Crippen LogP contribution in [-0.2, 0) is 9.53 Å². The summed E-state index contributed by atoms with van der Waals surface area (Å²) in [5.74, 6) is -1.16. The summed E-state index contributed by atoms with van der Waals surface area (Å²) in [6.45, 7) is 2.28. The van der Waals surface area contributed by atoms with E-state index < -0.39 is 26.2 Å². The molecule has 1 aliphatic rings. The van der Waals surface area contributed by atoms with Crippen LogP contribution in [0.3, 0.4) is 0 Å². The van der Waals surface area contributed by atoms with Gasteiger partial charge in [-0.1, -0.05) is 126 Å². The number of carboxylic acid groups (broad SMARTS) is 1. The molecule has 5 rings (SSSR count). The highest BCUT2D eigenvalue weighted by atomic mass is 28.3. The van der Waals surface area contributed by atoms with Crippen molar-refractivity contribution in [3.63, 3.8) is 0 Å². The van der Waals surface area contributed by atoms with E-state index in [1.807, 2.05) is 84.9 Å². The molecule has 0 fully saturated rings. The van der Waals surface area contributed by atoms with Gasteiger partial charge >= 0.3 is 12.1 Å². The fraction of sp³-hybridized carbons (Fsp3) is 0.161. The zero-order chi connectivity index (χ0) is 25.8. The fourth-order valence-electron chi connectivity index (χ4n) is 5.41. The third kappa shape index (κ3) is 4.93. The van der Waals surface area contributed by atoms with Crippen LogP contribution in [0.25, 0.3) is 11.1 Å². The largest absolute Gasteiger partial charge is 0.480 e. The second-order valence-electron chi connectivity index (χ2n) is 9.63. The van der Waals surface area contributed by atoms with Crippen LogP contribution >= 0.6 is 0 Å². The molecule has 0 aliphatic heterocycles. The third-order valence-corrected chi connectivity index (χ3v) is 11.8. The molecule has 6 heteroatoms. The number of fused-ring (bicyclic) bond motifs is 3. The van der Waals surface area contributed by atoms with E-state index in [1.54, 1.807) is 0 Å². The molecule has 1 amide bonds. The predicted octanol–water partition coefficient (Wildman–Crippen LogP) is 4.87. The number of rotatable bonds is 8. The zero-order valence-corrected chi connectivity index (χ0v) is 21.6. The molecule has 5 nitrogen and oxygen atoms in total. The maximum absolute atomic E-state index is 12.9. The first kappa shape index (κ1) is 24.5. The van der Waals surface area contributed by atoms with Gasteiger partial charge in [0.25, 0.3) is 0 Å². The Morgan fingerprint density at radius 2 is 1.24 bits per heavy atom. The summed E-state index contributed by atoms with van der Waals surface area (Å²) >= 11 is 0. The predicted molar refractivity (Wildman–Crippen MR) is 148 cm³/mol. The van der Waals surface area contributed by atoms with Gasteiger partial charge in [-0.15, -0.1) is 0 Å². The molecule has 1 aliphatic carbocycles. The van der Waals surface area contributed by atoms with Gasteiger partial charge in [-0.05, 0) is 28.3 Å². The van der Waals surface area contributed by atoms with Crippen LogP contribution in [0.5, 0.6) is 0 Å². The molecule has 0 radical (unpaired) electrons. The quantitative estimate of drug-likeness (QED) is 0.334. The number of carbonyl (C=O) groups excluding carboxylic acids is 1. The van der Waals surface area contributed by atoms with Gasteiger partial charge in [0.1, 0.15) is 20.7 Å². The molecule has 37 heavy (non-hydrogen) atoms. The van der Waals surface area contributed by atoms with E-state index in [0.717, 1.165) is 32.6 Å². The Balaban J connectivity index is 1.33. The van der Waals surface area contributed by atoms with Crippen LogP contribution in [-0.4, -0.2) is 37.9 Å². The lowest BCUT2D eigenvalue weighted by Gasteiger charge is -2.31. The van der Waals surface area contributed by atoms with E-state index in [-0.39, 0.29) is 12.5 Å². The lowest BCUT2D eigenvalue weighted by Crippen LogP contribution is -2.60. The lowest BCUT2D eigenvalue weighted by atomic mass is 9.98. The Labute approximate surface area is 217 Å². The number of aliphatic carboxylic acids is 1. The van der Waals surface area contributed by atoms with Gasteiger partial charge in [0, 0.05) is 5.92 Å². The van der Waals surface area contributed by atoms with Crippen LogP contribution in [0.2, 0.25) is 12.6 Å². The normalized spacial score (nSPS) is 13.3. The molecule has 0 heterocycles. The number of ether oxygens (including phenoxy) is 1. The SMILES string of the molecule is C[Si](C[C@H](NC(=O)OCC1c2ccccc2-c2ccccc21)C(=O)O)(c1ccccc1)c1ccccc1. The molecular formula is C31H29NO4Si. The summed E-state index contributed by atoms with van der Waals surface area (Å²) in [4.78, 5) is 25.2. The molecule has 1 atom stereocenters. The average molecular weight is 508 g/mol. The monoisotopic (exact) mass is 507 g/mol. The van der Waals surface area contributed by atoms with Crippen LogP contribution in [0.15, 0.2) is 109 Å². The van der Waals surface area contributed by atoms with E-state index in [4.69, 9.17) is 4.74 Å². The number of carboxylic acids is 1. The second-order valence-corrected chi connectivity index (χ2v) is 13.9. The molecule has 186 valence electrons. The number of amides is 1. The lowest BCUT2D eigenvalue weighted by molar-refractivity contribution is -0.138. The highest BCUT2D eigenvalue weighted by Gasteiger charge is 2.38. The van der Waals surface area contributed by atoms with Crippen molar-refractivity contribution in [1.82, 2.24) is 5.32 Å². The zero-order valence-electron chi connectivity index (χ0n) is 20.6. The molecule has 0 saturated heterocycles. The van der Waals surface area contributed by atoms with Gasteiger partial charge in [0.05, 0.1) is 0 Å². The first-order valence-corrected chi connectivity index (χ1v) is 15.1. The Bertz CT molecular complexity index is 1320. The third-order valence-electron chi connectivity index (χ3n) is 7.37. The number of carbonyl (C=O) groups is 2. The van der Waals surface area contributed by atoms with Crippen LogP contribution in [0.4, 0.5) is 4.79 Å². The van der Waals surface area contributed by atoms with Gasteiger partial charge in [-0.3, -0.25) is 4.79 Å².